The normalized spacial score (nSPS) is 19.4. The molecule has 0 bridgehead atoms. The van der Waals surface area contributed by atoms with Crippen LogP contribution in [0.15, 0.2) is 29.2 Å². The van der Waals surface area contributed by atoms with Crippen molar-refractivity contribution in [3.05, 3.63) is 24.3 Å². The van der Waals surface area contributed by atoms with Crippen LogP contribution >= 0.6 is 0 Å². The van der Waals surface area contributed by atoms with Gasteiger partial charge in [-0.15, -0.1) is 0 Å². The van der Waals surface area contributed by atoms with Crippen LogP contribution in [-0.4, -0.2) is 32.0 Å². The summed E-state index contributed by atoms with van der Waals surface area (Å²) in [7, 11) is -3.40. The van der Waals surface area contributed by atoms with Gasteiger partial charge in [0.2, 0.25) is 11.8 Å². The summed E-state index contributed by atoms with van der Waals surface area (Å²) in [5, 5.41) is 5.99. The van der Waals surface area contributed by atoms with E-state index in [0.29, 0.717) is 18.0 Å². The maximum Gasteiger partial charge on any atom is 0.246 e. The van der Waals surface area contributed by atoms with Crippen molar-refractivity contribution in [1.29, 1.82) is 0 Å². The largest absolute Gasteiger partial charge is 0.344 e. The topological polar surface area (TPSA) is 92.3 Å². The Labute approximate surface area is 205 Å². The van der Waals surface area contributed by atoms with Gasteiger partial charge in [0.15, 0.2) is 9.84 Å². The molecule has 0 unspecified atom stereocenters. The van der Waals surface area contributed by atoms with E-state index in [1.54, 1.807) is 24.3 Å². The summed E-state index contributed by atoms with van der Waals surface area (Å²) in [6.07, 6.45) is 11.6. The second-order valence-corrected chi connectivity index (χ2v) is 13.5. The van der Waals surface area contributed by atoms with Gasteiger partial charge < -0.3 is 10.6 Å². The standard InChI is InChI=1S/C27H42N2O4S/c1-27(2,3)19-34(32,33)23-16-14-22(15-17-23)28-26(31)24(18-20-10-6-4-7-11-20)29-25(30)21-12-8-5-9-13-21/h14-17,20-21,24H,4-13,18-19H2,1-3H3,(H,28,31)(H,29,30)/t24-/m0/s1. The molecule has 7 heteroatoms. The first kappa shape index (κ1) is 26.7. The monoisotopic (exact) mass is 490 g/mol. The summed E-state index contributed by atoms with van der Waals surface area (Å²) in [6.45, 7) is 5.69. The van der Waals surface area contributed by atoms with Crippen LogP contribution in [0.2, 0.25) is 0 Å². The van der Waals surface area contributed by atoms with Crippen molar-refractivity contribution < 1.29 is 18.0 Å². The maximum absolute atomic E-state index is 13.2. The first-order chi connectivity index (χ1) is 16.0. The van der Waals surface area contributed by atoms with Gasteiger partial charge in [-0.05, 0) is 54.9 Å². The highest BCUT2D eigenvalue weighted by Crippen LogP contribution is 2.29. The molecule has 2 N–H and O–H groups in total. The number of hydrogen-bond donors (Lipinski definition) is 2. The summed E-state index contributed by atoms with van der Waals surface area (Å²) in [5.74, 6) is 0.283. The predicted octanol–water partition coefficient (Wildman–Crippen LogP) is 5.48. The van der Waals surface area contributed by atoms with Crippen LogP contribution in [0.3, 0.4) is 0 Å². The number of carbonyl (C=O) groups excluding carboxylic acids is 2. The SMILES string of the molecule is CC(C)(C)CS(=O)(=O)c1ccc(NC(=O)[C@H](CC2CCCCC2)NC(=O)C2CCCCC2)cc1. The Morgan fingerprint density at radius 1 is 0.912 bits per heavy atom. The highest BCUT2D eigenvalue weighted by Gasteiger charge is 2.30. The van der Waals surface area contributed by atoms with Crippen molar-refractivity contribution in [1.82, 2.24) is 5.32 Å². The number of benzene rings is 1. The van der Waals surface area contributed by atoms with Gasteiger partial charge in [0.1, 0.15) is 6.04 Å². The smallest absolute Gasteiger partial charge is 0.246 e. The molecule has 190 valence electrons. The average Bonchev–Trinajstić information content (AvgIpc) is 2.78. The van der Waals surface area contributed by atoms with E-state index in [1.807, 2.05) is 20.8 Å². The first-order valence-electron chi connectivity index (χ1n) is 13.0. The quantitative estimate of drug-likeness (QED) is 0.505. The minimum Gasteiger partial charge on any atom is -0.344 e. The van der Waals surface area contributed by atoms with Crippen LogP contribution in [0.5, 0.6) is 0 Å². The summed E-state index contributed by atoms with van der Waals surface area (Å²) < 4.78 is 25.3. The van der Waals surface area contributed by atoms with Gasteiger partial charge in [-0.3, -0.25) is 9.59 Å². The minimum absolute atomic E-state index is 0.000666. The van der Waals surface area contributed by atoms with Gasteiger partial charge in [0.25, 0.3) is 0 Å². The molecule has 6 nitrogen and oxygen atoms in total. The highest BCUT2D eigenvalue weighted by molar-refractivity contribution is 7.91. The molecule has 2 aliphatic rings. The Bertz CT molecular complexity index is 922. The molecule has 1 atom stereocenters. The van der Waals surface area contributed by atoms with Crippen molar-refractivity contribution >= 4 is 27.3 Å². The third-order valence-corrected chi connectivity index (χ3v) is 9.24. The van der Waals surface area contributed by atoms with Gasteiger partial charge in [0.05, 0.1) is 10.6 Å². The van der Waals surface area contributed by atoms with E-state index >= 15 is 0 Å². The number of nitrogens with one attached hydrogen (secondary N) is 2. The van der Waals surface area contributed by atoms with Crippen molar-refractivity contribution in [2.45, 2.75) is 102 Å². The van der Waals surface area contributed by atoms with Crippen molar-refractivity contribution in [3.63, 3.8) is 0 Å². The molecule has 0 aliphatic heterocycles. The molecule has 2 fully saturated rings. The number of carbonyl (C=O) groups is 2. The molecular formula is C27H42N2O4S. The Morgan fingerprint density at radius 3 is 2.03 bits per heavy atom. The van der Waals surface area contributed by atoms with Crippen molar-refractivity contribution in [2.75, 3.05) is 11.1 Å². The first-order valence-corrected chi connectivity index (χ1v) is 14.6. The number of rotatable bonds is 8. The zero-order valence-corrected chi connectivity index (χ0v) is 21.9. The lowest BCUT2D eigenvalue weighted by Gasteiger charge is -2.28. The minimum atomic E-state index is -3.40. The van der Waals surface area contributed by atoms with E-state index in [9.17, 15) is 18.0 Å². The molecule has 2 saturated carbocycles. The summed E-state index contributed by atoms with van der Waals surface area (Å²) in [5.41, 5.74) is 0.203. The Kier molecular flexibility index (Phi) is 9.19. The van der Waals surface area contributed by atoms with Crippen molar-refractivity contribution in [2.24, 2.45) is 17.3 Å². The van der Waals surface area contributed by atoms with Gasteiger partial charge in [-0.25, -0.2) is 8.42 Å². The van der Waals surface area contributed by atoms with E-state index in [1.165, 1.54) is 25.7 Å². The van der Waals surface area contributed by atoms with Gasteiger partial charge >= 0.3 is 0 Å². The number of hydrogen-bond acceptors (Lipinski definition) is 4. The van der Waals surface area contributed by atoms with Crippen LogP contribution in [0.1, 0.15) is 91.4 Å². The Balaban J connectivity index is 1.67. The van der Waals surface area contributed by atoms with E-state index in [4.69, 9.17) is 0 Å². The van der Waals surface area contributed by atoms with E-state index < -0.39 is 15.9 Å². The summed E-state index contributed by atoms with van der Waals surface area (Å²) in [6, 6.07) is 5.80. The molecule has 0 saturated heterocycles. The summed E-state index contributed by atoms with van der Waals surface area (Å²) >= 11 is 0. The number of amides is 2. The van der Waals surface area contributed by atoms with Crippen LogP contribution in [-0.2, 0) is 19.4 Å². The Hall–Kier alpha value is -1.89. The maximum atomic E-state index is 13.2. The molecule has 34 heavy (non-hydrogen) atoms. The molecule has 0 spiro atoms. The van der Waals surface area contributed by atoms with Crippen LogP contribution in [0, 0.1) is 17.3 Å². The van der Waals surface area contributed by atoms with E-state index in [0.717, 1.165) is 38.5 Å². The summed E-state index contributed by atoms with van der Waals surface area (Å²) in [4.78, 5) is 26.4. The third kappa shape index (κ3) is 8.10. The zero-order chi connectivity index (χ0) is 24.8. The van der Waals surface area contributed by atoms with Gasteiger partial charge in [0, 0.05) is 11.6 Å². The molecule has 2 amide bonds. The molecular weight excluding hydrogens is 448 g/mol. The molecule has 2 aliphatic carbocycles. The van der Waals surface area contributed by atoms with Crippen molar-refractivity contribution in [3.8, 4) is 0 Å². The number of sulfone groups is 1. The highest BCUT2D eigenvalue weighted by atomic mass is 32.2. The van der Waals surface area contributed by atoms with Gasteiger partial charge in [-0.1, -0.05) is 72.1 Å². The molecule has 0 aromatic heterocycles. The fourth-order valence-corrected chi connectivity index (χ4v) is 7.13. The number of anilines is 1. The third-order valence-electron chi connectivity index (χ3n) is 7.01. The molecule has 0 radical (unpaired) electrons. The Morgan fingerprint density at radius 2 is 1.47 bits per heavy atom. The van der Waals surface area contributed by atoms with Crippen LogP contribution in [0.4, 0.5) is 5.69 Å². The lowest BCUT2D eigenvalue weighted by atomic mass is 9.84. The molecule has 1 aromatic rings. The van der Waals surface area contributed by atoms with E-state index in [2.05, 4.69) is 10.6 Å². The van der Waals surface area contributed by atoms with Crippen LogP contribution < -0.4 is 10.6 Å². The molecule has 3 rings (SSSR count). The van der Waals surface area contributed by atoms with Crippen LogP contribution in [0.25, 0.3) is 0 Å². The average molecular weight is 491 g/mol. The molecule has 0 heterocycles. The van der Waals surface area contributed by atoms with E-state index in [-0.39, 0.29) is 33.8 Å². The van der Waals surface area contributed by atoms with Gasteiger partial charge in [-0.2, -0.15) is 0 Å². The lowest BCUT2D eigenvalue weighted by Crippen LogP contribution is -2.47. The fraction of sp³-hybridized carbons (Fsp3) is 0.704. The second-order valence-electron chi connectivity index (χ2n) is 11.5. The fourth-order valence-electron chi connectivity index (χ4n) is 5.27. The second kappa shape index (κ2) is 11.7. The predicted molar refractivity (Wildman–Crippen MR) is 136 cm³/mol. The molecule has 1 aromatic carbocycles. The zero-order valence-electron chi connectivity index (χ0n) is 21.1. The lowest BCUT2D eigenvalue weighted by molar-refractivity contribution is -0.130.